The van der Waals surface area contributed by atoms with Gasteiger partial charge in [0.2, 0.25) is 0 Å². The summed E-state index contributed by atoms with van der Waals surface area (Å²) in [6, 6.07) is 5.06. The van der Waals surface area contributed by atoms with Crippen LogP contribution >= 0.6 is 39.1 Å². The second-order valence-electron chi connectivity index (χ2n) is 3.37. The predicted octanol–water partition coefficient (Wildman–Crippen LogP) is 3.71. The third-order valence-corrected chi connectivity index (χ3v) is 3.72. The Labute approximate surface area is 111 Å². The van der Waals surface area contributed by atoms with Crippen LogP contribution in [0, 0.1) is 0 Å². The summed E-state index contributed by atoms with van der Waals surface area (Å²) < 4.78 is 5.11. The SMILES string of the molecule is O=C1OC(CBr)CN1c1ccc(Cl)c(Cl)c1. The first kappa shape index (κ1) is 12.0. The van der Waals surface area contributed by atoms with Crippen molar-refractivity contribution in [3.05, 3.63) is 28.2 Å². The zero-order valence-electron chi connectivity index (χ0n) is 8.12. The first-order chi connectivity index (χ1) is 7.61. The molecule has 1 atom stereocenters. The largest absolute Gasteiger partial charge is 0.443 e. The lowest BCUT2D eigenvalue weighted by molar-refractivity contribution is 0.152. The van der Waals surface area contributed by atoms with Crippen LogP contribution < -0.4 is 4.90 Å². The van der Waals surface area contributed by atoms with Crippen LogP contribution in [-0.4, -0.2) is 24.1 Å². The Morgan fingerprint density at radius 1 is 1.44 bits per heavy atom. The molecule has 1 heterocycles. The summed E-state index contributed by atoms with van der Waals surface area (Å²) in [6.07, 6.45) is -0.482. The molecule has 1 aliphatic rings. The minimum atomic E-state index is -0.358. The summed E-state index contributed by atoms with van der Waals surface area (Å²) in [5, 5.41) is 1.51. The zero-order chi connectivity index (χ0) is 11.7. The molecular weight excluding hydrogens is 317 g/mol. The minimum absolute atomic E-state index is 0.123. The lowest BCUT2D eigenvalue weighted by atomic mass is 10.3. The number of amides is 1. The average Bonchev–Trinajstić information content (AvgIpc) is 2.64. The highest BCUT2D eigenvalue weighted by Gasteiger charge is 2.31. The maximum Gasteiger partial charge on any atom is 0.414 e. The Morgan fingerprint density at radius 2 is 2.19 bits per heavy atom. The maximum atomic E-state index is 11.5. The van der Waals surface area contributed by atoms with Crippen LogP contribution in [0.25, 0.3) is 0 Å². The van der Waals surface area contributed by atoms with Gasteiger partial charge in [-0.2, -0.15) is 0 Å². The van der Waals surface area contributed by atoms with Gasteiger partial charge in [-0.1, -0.05) is 39.1 Å². The predicted molar refractivity (Wildman–Crippen MR) is 67.9 cm³/mol. The average molecular weight is 325 g/mol. The Balaban J connectivity index is 2.24. The van der Waals surface area contributed by atoms with Crippen LogP contribution in [-0.2, 0) is 4.74 Å². The number of alkyl halides is 1. The number of carbonyl (C=O) groups excluding carboxylic acids is 1. The zero-order valence-corrected chi connectivity index (χ0v) is 11.2. The molecule has 0 N–H and O–H groups in total. The molecule has 1 unspecified atom stereocenters. The van der Waals surface area contributed by atoms with Gasteiger partial charge in [0.05, 0.1) is 16.6 Å². The van der Waals surface area contributed by atoms with Crippen LogP contribution in [0.3, 0.4) is 0 Å². The molecule has 1 fully saturated rings. The number of hydrogen-bond acceptors (Lipinski definition) is 2. The lowest BCUT2D eigenvalue weighted by Crippen LogP contribution is -2.24. The van der Waals surface area contributed by atoms with E-state index in [2.05, 4.69) is 15.9 Å². The van der Waals surface area contributed by atoms with Gasteiger partial charge in [-0.05, 0) is 18.2 Å². The molecule has 0 radical (unpaired) electrons. The molecule has 0 spiro atoms. The fraction of sp³-hybridized carbons (Fsp3) is 0.300. The van der Waals surface area contributed by atoms with Gasteiger partial charge in [-0.15, -0.1) is 0 Å². The van der Waals surface area contributed by atoms with Crippen molar-refractivity contribution in [3.8, 4) is 0 Å². The number of anilines is 1. The van der Waals surface area contributed by atoms with E-state index in [9.17, 15) is 4.79 Å². The summed E-state index contributed by atoms with van der Waals surface area (Å²) >= 11 is 15.0. The van der Waals surface area contributed by atoms with Crippen LogP contribution in [0.15, 0.2) is 18.2 Å². The van der Waals surface area contributed by atoms with Crippen LogP contribution in [0.5, 0.6) is 0 Å². The summed E-state index contributed by atoms with van der Waals surface area (Å²) in [5.41, 5.74) is 0.697. The third kappa shape index (κ3) is 2.29. The van der Waals surface area contributed by atoms with E-state index in [-0.39, 0.29) is 12.2 Å². The number of carbonyl (C=O) groups is 1. The van der Waals surface area contributed by atoms with Crippen molar-refractivity contribution < 1.29 is 9.53 Å². The van der Waals surface area contributed by atoms with E-state index in [0.717, 1.165) is 0 Å². The number of halogens is 3. The van der Waals surface area contributed by atoms with Gasteiger partial charge in [0, 0.05) is 11.0 Å². The molecule has 6 heteroatoms. The molecule has 1 aliphatic heterocycles. The maximum absolute atomic E-state index is 11.5. The monoisotopic (exact) mass is 323 g/mol. The summed E-state index contributed by atoms with van der Waals surface area (Å²) in [4.78, 5) is 13.1. The molecule has 86 valence electrons. The Morgan fingerprint density at radius 3 is 2.75 bits per heavy atom. The van der Waals surface area contributed by atoms with Gasteiger partial charge in [-0.3, -0.25) is 4.90 Å². The molecule has 0 aromatic heterocycles. The molecule has 1 aromatic rings. The Kier molecular flexibility index (Phi) is 3.62. The minimum Gasteiger partial charge on any atom is -0.443 e. The molecule has 1 amide bonds. The molecule has 3 nitrogen and oxygen atoms in total. The number of benzene rings is 1. The smallest absolute Gasteiger partial charge is 0.414 e. The van der Waals surface area contributed by atoms with E-state index >= 15 is 0 Å². The number of ether oxygens (including phenoxy) is 1. The molecule has 0 aliphatic carbocycles. The van der Waals surface area contributed by atoms with Crippen molar-refractivity contribution in [1.82, 2.24) is 0 Å². The van der Waals surface area contributed by atoms with E-state index in [0.29, 0.717) is 27.6 Å². The molecule has 0 bridgehead atoms. The number of cyclic esters (lactones) is 1. The first-order valence-electron chi connectivity index (χ1n) is 4.61. The first-order valence-corrected chi connectivity index (χ1v) is 6.48. The van der Waals surface area contributed by atoms with E-state index in [1.54, 1.807) is 18.2 Å². The topological polar surface area (TPSA) is 29.5 Å². The van der Waals surface area contributed by atoms with Gasteiger partial charge >= 0.3 is 6.09 Å². The molecule has 0 saturated carbocycles. The fourth-order valence-electron chi connectivity index (χ4n) is 1.47. The van der Waals surface area contributed by atoms with Gasteiger partial charge in [-0.25, -0.2) is 4.79 Å². The Bertz CT molecular complexity index is 427. The summed E-state index contributed by atoms with van der Waals surface area (Å²) in [7, 11) is 0. The van der Waals surface area contributed by atoms with Crippen molar-refractivity contribution >= 4 is 50.9 Å². The van der Waals surface area contributed by atoms with E-state index < -0.39 is 0 Å². The summed E-state index contributed by atoms with van der Waals surface area (Å²) in [6.45, 7) is 0.516. The van der Waals surface area contributed by atoms with Crippen molar-refractivity contribution in [1.29, 1.82) is 0 Å². The van der Waals surface area contributed by atoms with Crippen molar-refractivity contribution in [2.45, 2.75) is 6.10 Å². The highest BCUT2D eigenvalue weighted by atomic mass is 79.9. The molecule has 1 aromatic carbocycles. The van der Waals surface area contributed by atoms with E-state index in [1.807, 2.05) is 0 Å². The van der Waals surface area contributed by atoms with Crippen LogP contribution in [0.2, 0.25) is 10.0 Å². The second-order valence-corrected chi connectivity index (χ2v) is 4.83. The number of rotatable bonds is 2. The molecular formula is C10H8BrCl2NO2. The molecule has 2 rings (SSSR count). The fourth-order valence-corrected chi connectivity index (χ4v) is 2.09. The number of hydrogen-bond donors (Lipinski definition) is 0. The normalized spacial score (nSPS) is 20.1. The lowest BCUT2D eigenvalue weighted by Gasteiger charge is -2.13. The summed E-state index contributed by atoms with van der Waals surface area (Å²) in [5.74, 6) is 0. The standard InChI is InChI=1S/C10H8BrCl2NO2/c11-4-7-5-14(10(15)16-7)6-1-2-8(12)9(13)3-6/h1-3,7H,4-5H2. The highest BCUT2D eigenvalue weighted by Crippen LogP contribution is 2.29. The molecule has 1 saturated heterocycles. The van der Waals surface area contributed by atoms with E-state index in [4.69, 9.17) is 27.9 Å². The third-order valence-electron chi connectivity index (χ3n) is 2.26. The van der Waals surface area contributed by atoms with E-state index in [1.165, 1.54) is 4.90 Å². The van der Waals surface area contributed by atoms with Crippen LogP contribution in [0.1, 0.15) is 0 Å². The van der Waals surface area contributed by atoms with Crippen molar-refractivity contribution in [3.63, 3.8) is 0 Å². The second kappa shape index (κ2) is 4.82. The number of nitrogens with zero attached hydrogens (tertiary/aromatic N) is 1. The van der Waals surface area contributed by atoms with Crippen molar-refractivity contribution in [2.75, 3.05) is 16.8 Å². The van der Waals surface area contributed by atoms with Crippen LogP contribution in [0.4, 0.5) is 10.5 Å². The van der Waals surface area contributed by atoms with Gasteiger partial charge in [0.15, 0.2) is 0 Å². The van der Waals surface area contributed by atoms with Gasteiger partial charge < -0.3 is 4.74 Å². The van der Waals surface area contributed by atoms with Gasteiger partial charge in [0.25, 0.3) is 0 Å². The van der Waals surface area contributed by atoms with Crippen molar-refractivity contribution in [2.24, 2.45) is 0 Å². The Hall–Kier alpha value is -0.450. The quantitative estimate of drug-likeness (QED) is 0.776. The van der Waals surface area contributed by atoms with Gasteiger partial charge in [0.1, 0.15) is 6.10 Å². The molecule has 16 heavy (non-hydrogen) atoms. The highest BCUT2D eigenvalue weighted by molar-refractivity contribution is 9.09.